The average Bonchev–Trinajstić information content (AvgIpc) is 2.68. The zero-order chi connectivity index (χ0) is 18.6. The normalized spacial score (nSPS) is 17.7. The number of hydrogen-bond donors (Lipinski definition) is 1. The summed E-state index contributed by atoms with van der Waals surface area (Å²) in [4.78, 5) is 15.1. The standard InChI is InChI=1S/C23H23BrN2O/c24-20-10-4-11-21(14-20)25-23(27)19-9-5-13-26(16-19)15-18-8-3-7-17-6-1-2-12-22(17)18/h1-4,6-8,10-12,14,19H,5,9,13,15-16H2,(H,25,27). The molecule has 1 fully saturated rings. The molecule has 0 spiro atoms. The molecule has 3 nitrogen and oxygen atoms in total. The molecule has 138 valence electrons. The van der Waals surface area contributed by atoms with Gasteiger partial charge in [-0.3, -0.25) is 9.69 Å². The van der Waals surface area contributed by atoms with Crippen LogP contribution < -0.4 is 5.32 Å². The van der Waals surface area contributed by atoms with Crippen molar-refractivity contribution in [1.82, 2.24) is 4.90 Å². The number of piperidine rings is 1. The molecule has 0 bridgehead atoms. The Kier molecular flexibility index (Phi) is 5.55. The Hall–Kier alpha value is -2.17. The quantitative estimate of drug-likeness (QED) is 0.605. The Balaban J connectivity index is 1.44. The second kappa shape index (κ2) is 8.24. The molecule has 0 aromatic heterocycles. The Labute approximate surface area is 168 Å². The summed E-state index contributed by atoms with van der Waals surface area (Å²) in [5.41, 5.74) is 2.18. The van der Waals surface area contributed by atoms with Gasteiger partial charge in [0.25, 0.3) is 0 Å². The SMILES string of the molecule is O=C(Nc1cccc(Br)c1)C1CCCN(Cc2cccc3ccccc23)C1. The number of carbonyl (C=O) groups is 1. The third-order valence-electron chi connectivity index (χ3n) is 5.24. The molecule has 1 heterocycles. The van der Waals surface area contributed by atoms with Crippen LogP contribution in [0.2, 0.25) is 0 Å². The van der Waals surface area contributed by atoms with Crippen LogP contribution in [0.25, 0.3) is 10.8 Å². The lowest BCUT2D eigenvalue weighted by atomic mass is 9.96. The number of nitrogens with zero attached hydrogens (tertiary/aromatic N) is 1. The fourth-order valence-electron chi connectivity index (χ4n) is 3.89. The molecule has 1 aliphatic heterocycles. The molecule has 1 N–H and O–H groups in total. The highest BCUT2D eigenvalue weighted by Gasteiger charge is 2.26. The second-order valence-electron chi connectivity index (χ2n) is 7.21. The summed E-state index contributed by atoms with van der Waals surface area (Å²) in [5.74, 6) is 0.156. The summed E-state index contributed by atoms with van der Waals surface area (Å²) in [5, 5.41) is 5.65. The molecule has 3 aromatic carbocycles. The van der Waals surface area contributed by atoms with Gasteiger partial charge >= 0.3 is 0 Å². The van der Waals surface area contributed by atoms with E-state index in [2.05, 4.69) is 68.6 Å². The van der Waals surface area contributed by atoms with E-state index in [-0.39, 0.29) is 11.8 Å². The van der Waals surface area contributed by atoms with Gasteiger partial charge in [-0.05, 0) is 53.9 Å². The van der Waals surface area contributed by atoms with Gasteiger partial charge in [0.2, 0.25) is 5.91 Å². The fraction of sp³-hybridized carbons (Fsp3) is 0.261. The molecule has 4 rings (SSSR count). The largest absolute Gasteiger partial charge is 0.326 e. The molecule has 1 saturated heterocycles. The van der Waals surface area contributed by atoms with Crippen molar-refractivity contribution in [1.29, 1.82) is 0 Å². The number of hydrogen-bond acceptors (Lipinski definition) is 2. The van der Waals surface area contributed by atoms with Crippen molar-refractivity contribution in [2.45, 2.75) is 19.4 Å². The van der Waals surface area contributed by atoms with Crippen molar-refractivity contribution in [2.75, 3.05) is 18.4 Å². The summed E-state index contributed by atoms with van der Waals surface area (Å²) in [6.45, 7) is 2.75. The van der Waals surface area contributed by atoms with Crippen LogP contribution in [0.1, 0.15) is 18.4 Å². The molecule has 27 heavy (non-hydrogen) atoms. The Morgan fingerprint density at radius 2 is 1.89 bits per heavy atom. The molecule has 1 atom stereocenters. The van der Waals surface area contributed by atoms with Gasteiger partial charge in [0.15, 0.2) is 0 Å². The van der Waals surface area contributed by atoms with Crippen LogP contribution in [0.3, 0.4) is 0 Å². The van der Waals surface area contributed by atoms with E-state index < -0.39 is 0 Å². The van der Waals surface area contributed by atoms with Crippen LogP contribution in [-0.4, -0.2) is 23.9 Å². The first-order valence-electron chi connectivity index (χ1n) is 9.44. The molecule has 0 aliphatic carbocycles. The summed E-state index contributed by atoms with van der Waals surface area (Å²) in [6.07, 6.45) is 2.01. The monoisotopic (exact) mass is 422 g/mol. The predicted octanol–water partition coefficient (Wildman–Crippen LogP) is 5.45. The van der Waals surface area contributed by atoms with Gasteiger partial charge in [0, 0.05) is 23.2 Å². The maximum atomic E-state index is 12.7. The number of carbonyl (C=O) groups excluding carboxylic acids is 1. The molecule has 0 radical (unpaired) electrons. The van der Waals surface area contributed by atoms with Crippen molar-refractivity contribution >= 4 is 38.3 Å². The number of nitrogens with one attached hydrogen (secondary N) is 1. The van der Waals surface area contributed by atoms with Gasteiger partial charge in [0.1, 0.15) is 0 Å². The number of likely N-dealkylation sites (tertiary alicyclic amines) is 1. The lowest BCUT2D eigenvalue weighted by Crippen LogP contribution is -2.40. The van der Waals surface area contributed by atoms with Crippen molar-refractivity contribution in [3.63, 3.8) is 0 Å². The van der Waals surface area contributed by atoms with Crippen molar-refractivity contribution in [2.24, 2.45) is 5.92 Å². The zero-order valence-corrected chi connectivity index (χ0v) is 16.8. The maximum Gasteiger partial charge on any atom is 0.228 e. The lowest BCUT2D eigenvalue weighted by molar-refractivity contribution is -0.121. The van der Waals surface area contributed by atoms with E-state index in [1.54, 1.807) is 0 Å². The van der Waals surface area contributed by atoms with Crippen LogP contribution in [-0.2, 0) is 11.3 Å². The summed E-state index contributed by atoms with van der Waals surface area (Å²) in [7, 11) is 0. The predicted molar refractivity (Wildman–Crippen MR) is 115 cm³/mol. The van der Waals surface area contributed by atoms with Crippen LogP contribution in [0.4, 0.5) is 5.69 Å². The Morgan fingerprint density at radius 1 is 1.07 bits per heavy atom. The van der Waals surface area contributed by atoms with E-state index in [0.29, 0.717) is 0 Å². The van der Waals surface area contributed by atoms with E-state index in [1.807, 2.05) is 24.3 Å². The number of fused-ring (bicyclic) bond motifs is 1. The third-order valence-corrected chi connectivity index (χ3v) is 5.74. The van der Waals surface area contributed by atoms with E-state index in [9.17, 15) is 4.79 Å². The van der Waals surface area contributed by atoms with Gasteiger partial charge < -0.3 is 5.32 Å². The van der Waals surface area contributed by atoms with Crippen molar-refractivity contribution in [3.8, 4) is 0 Å². The summed E-state index contributed by atoms with van der Waals surface area (Å²) >= 11 is 3.45. The van der Waals surface area contributed by atoms with Crippen LogP contribution in [0.5, 0.6) is 0 Å². The van der Waals surface area contributed by atoms with Crippen molar-refractivity contribution in [3.05, 3.63) is 76.8 Å². The van der Waals surface area contributed by atoms with E-state index >= 15 is 0 Å². The van der Waals surface area contributed by atoms with Crippen molar-refractivity contribution < 1.29 is 4.79 Å². The number of rotatable bonds is 4. The van der Waals surface area contributed by atoms with Gasteiger partial charge in [-0.1, -0.05) is 64.5 Å². The molecular formula is C23H23BrN2O. The number of benzene rings is 3. The third kappa shape index (κ3) is 4.40. The smallest absolute Gasteiger partial charge is 0.228 e. The number of halogens is 1. The lowest BCUT2D eigenvalue weighted by Gasteiger charge is -2.32. The first kappa shape index (κ1) is 18.2. The van der Waals surface area contributed by atoms with Crippen LogP contribution in [0, 0.1) is 5.92 Å². The van der Waals surface area contributed by atoms with Gasteiger partial charge in [-0.15, -0.1) is 0 Å². The van der Waals surface area contributed by atoms with Crippen LogP contribution >= 0.6 is 15.9 Å². The number of amides is 1. The van der Waals surface area contributed by atoms with Gasteiger partial charge in [0.05, 0.1) is 5.92 Å². The highest BCUT2D eigenvalue weighted by Crippen LogP contribution is 2.24. The minimum atomic E-state index is 0.0349. The molecular weight excluding hydrogens is 400 g/mol. The Bertz CT molecular complexity index is 951. The van der Waals surface area contributed by atoms with E-state index in [0.717, 1.165) is 42.6 Å². The maximum absolute atomic E-state index is 12.7. The zero-order valence-electron chi connectivity index (χ0n) is 15.2. The van der Waals surface area contributed by atoms with Gasteiger partial charge in [-0.2, -0.15) is 0 Å². The minimum Gasteiger partial charge on any atom is -0.326 e. The number of anilines is 1. The topological polar surface area (TPSA) is 32.3 Å². The average molecular weight is 423 g/mol. The minimum absolute atomic E-state index is 0.0349. The first-order valence-corrected chi connectivity index (χ1v) is 10.2. The fourth-order valence-corrected chi connectivity index (χ4v) is 4.29. The van der Waals surface area contributed by atoms with Gasteiger partial charge in [-0.25, -0.2) is 0 Å². The molecule has 1 aliphatic rings. The molecule has 3 aromatic rings. The highest BCUT2D eigenvalue weighted by molar-refractivity contribution is 9.10. The molecule has 1 unspecified atom stereocenters. The summed E-state index contributed by atoms with van der Waals surface area (Å²) in [6, 6.07) is 22.8. The van der Waals surface area contributed by atoms with E-state index in [1.165, 1.54) is 16.3 Å². The highest BCUT2D eigenvalue weighted by atomic mass is 79.9. The Morgan fingerprint density at radius 3 is 2.78 bits per heavy atom. The summed E-state index contributed by atoms with van der Waals surface area (Å²) < 4.78 is 0.974. The second-order valence-corrected chi connectivity index (χ2v) is 8.13. The first-order chi connectivity index (χ1) is 13.2. The molecule has 0 saturated carbocycles. The molecule has 1 amide bonds. The molecule has 4 heteroatoms. The van der Waals surface area contributed by atoms with E-state index in [4.69, 9.17) is 0 Å². The van der Waals surface area contributed by atoms with Crippen LogP contribution in [0.15, 0.2) is 71.2 Å².